The molecule has 2 fully saturated rings. The first-order chi connectivity index (χ1) is 10.6. The Labute approximate surface area is 131 Å². The van der Waals surface area contributed by atoms with Crippen molar-refractivity contribution in [3.63, 3.8) is 0 Å². The predicted molar refractivity (Wildman–Crippen MR) is 81.3 cm³/mol. The van der Waals surface area contributed by atoms with E-state index in [-0.39, 0.29) is 5.92 Å². The van der Waals surface area contributed by atoms with E-state index in [0.29, 0.717) is 38.1 Å². The lowest BCUT2D eigenvalue weighted by molar-refractivity contribution is -0.124. The molecule has 3 rings (SSSR count). The minimum Gasteiger partial charge on any atom is -0.390 e. The first-order valence-corrected chi connectivity index (χ1v) is 8.46. The van der Waals surface area contributed by atoms with Crippen molar-refractivity contribution in [3.8, 4) is 0 Å². The molecule has 0 aliphatic carbocycles. The van der Waals surface area contributed by atoms with Crippen LogP contribution in [0.25, 0.3) is 0 Å². The molecule has 0 bridgehead atoms. The van der Waals surface area contributed by atoms with Crippen LogP contribution in [0.1, 0.15) is 51.2 Å². The van der Waals surface area contributed by atoms with E-state index in [9.17, 15) is 5.11 Å². The van der Waals surface area contributed by atoms with E-state index in [1.54, 1.807) is 0 Å². The third-order valence-electron chi connectivity index (χ3n) is 5.05. The Bertz CT molecular complexity index is 489. The molecule has 22 heavy (non-hydrogen) atoms. The molecule has 124 valence electrons. The van der Waals surface area contributed by atoms with Gasteiger partial charge in [0, 0.05) is 25.0 Å². The Balaban J connectivity index is 1.67. The third-order valence-corrected chi connectivity index (χ3v) is 5.05. The van der Waals surface area contributed by atoms with Crippen molar-refractivity contribution in [2.75, 3.05) is 19.8 Å². The zero-order valence-corrected chi connectivity index (χ0v) is 13.6. The largest absolute Gasteiger partial charge is 0.390 e. The van der Waals surface area contributed by atoms with E-state index < -0.39 is 5.60 Å². The van der Waals surface area contributed by atoms with Crippen molar-refractivity contribution in [3.05, 3.63) is 11.7 Å². The van der Waals surface area contributed by atoms with E-state index >= 15 is 0 Å². The smallest absolute Gasteiger partial charge is 0.240 e. The van der Waals surface area contributed by atoms with Crippen LogP contribution >= 0.6 is 0 Å². The summed E-state index contributed by atoms with van der Waals surface area (Å²) in [5.41, 5.74) is -0.645. The van der Waals surface area contributed by atoms with Crippen LogP contribution in [-0.2, 0) is 17.7 Å². The summed E-state index contributed by atoms with van der Waals surface area (Å²) in [7, 11) is 0. The molecule has 2 saturated heterocycles. The minimum atomic E-state index is -0.645. The van der Waals surface area contributed by atoms with E-state index in [1.807, 2.05) is 6.92 Å². The Morgan fingerprint density at radius 1 is 1.45 bits per heavy atom. The highest BCUT2D eigenvalue weighted by molar-refractivity contribution is 4.97. The number of nitrogens with zero attached hydrogens (tertiary/aromatic N) is 3. The Hall–Kier alpha value is -0.980. The molecule has 3 atom stereocenters. The van der Waals surface area contributed by atoms with E-state index in [2.05, 4.69) is 22.0 Å². The van der Waals surface area contributed by atoms with Crippen LogP contribution in [0.15, 0.2) is 4.52 Å². The predicted octanol–water partition coefficient (Wildman–Crippen LogP) is 1.77. The van der Waals surface area contributed by atoms with Gasteiger partial charge in [-0.05, 0) is 39.2 Å². The molecule has 6 nitrogen and oxygen atoms in total. The quantitative estimate of drug-likeness (QED) is 0.894. The number of rotatable bonds is 5. The highest BCUT2D eigenvalue weighted by atomic mass is 16.5. The van der Waals surface area contributed by atoms with Crippen LogP contribution < -0.4 is 0 Å². The molecule has 3 unspecified atom stereocenters. The Morgan fingerprint density at radius 2 is 2.32 bits per heavy atom. The summed E-state index contributed by atoms with van der Waals surface area (Å²) in [6.45, 7) is 7.04. The first-order valence-electron chi connectivity index (χ1n) is 8.46. The van der Waals surface area contributed by atoms with Gasteiger partial charge in [0.2, 0.25) is 5.89 Å². The molecule has 0 aromatic carbocycles. The number of aromatic nitrogens is 2. The fraction of sp³-hybridized carbons (Fsp3) is 0.875. The SMILES string of the molecule is CCCc1noc(CN2CCCC2C2COCCC2(C)O)n1. The molecule has 1 N–H and O–H groups in total. The van der Waals surface area contributed by atoms with Crippen LogP contribution in [0.5, 0.6) is 0 Å². The van der Waals surface area contributed by atoms with Gasteiger partial charge in [-0.15, -0.1) is 0 Å². The van der Waals surface area contributed by atoms with Gasteiger partial charge in [0.1, 0.15) is 0 Å². The van der Waals surface area contributed by atoms with Gasteiger partial charge in [0.15, 0.2) is 5.82 Å². The highest BCUT2D eigenvalue weighted by Gasteiger charge is 2.44. The van der Waals surface area contributed by atoms with E-state index in [4.69, 9.17) is 9.26 Å². The second-order valence-corrected chi connectivity index (χ2v) is 6.82. The summed E-state index contributed by atoms with van der Waals surface area (Å²) in [5.74, 6) is 1.63. The highest BCUT2D eigenvalue weighted by Crippen LogP contribution is 2.36. The summed E-state index contributed by atoms with van der Waals surface area (Å²) in [6, 6.07) is 0.330. The topological polar surface area (TPSA) is 71.6 Å². The maximum atomic E-state index is 10.7. The van der Waals surface area contributed by atoms with Crippen LogP contribution in [0.4, 0.5) is 0 Å². The Kier molecular flexibility index (Phi) is 4.80. The maximum absolute atomic E-state index is 10.7. The van der Waals surface area contributed by atoms with Crippen LogP contribution in [0.3, 0.4) is 0 Å². The summed E-state index contributed by atoms with van der Waals surface area (Å²) in [4.78, 5) is 6.84. The molecule has 2 aliphatic heterocycles. The normalized spacial score (nSPS) is 33.4. The third kappa shape index (κ3) is 3.34. The molecule has 0 radical (unpaired) electrons. The number of hydrogen-bond donors (Lipinski definition) is 1. The van der Waals surface area contributed by atoms with Crippen LogP contribution in [-0.4, -0.2) is 51.5 Å². The second kappa shape index (κ2) is 6.64. The monoisotopic (exact) mass is 309 g/mol. The zero-order valence-electron chi connectivity index (χ0n) is 13.6. The van der Waals surface area contributed by atoms with Crippen molar-refractivity contribution < 1.29 is 14.4 Å². The first kappa shape index (κ1) is 15.9. The maximum Gasteiger partial charge on any atom is 0.240 e. The molecule has 6 heteroatoms. The number of hydrogen-bond acceptors (Lipinski definition) is 6. The summed E-state index contributed by atoms with van der Waals surface area (Å²) >= 11 is 0. The van der Waals surface area contributed by atoms with E-state index in [0.717, 1.165) is 38.1 Å². The summed E-state index contributed by atoms with van der Waals surface area (Å²) in [6.07, 6.45) is 4.84. The van der Waals surface area contributed by atoms with Crippen LogP contribution in [0.2, 0.25) is 0 Å². The van der Waals surface area contributed by atoms with Gasteiger partial charge >= 0.3 is 0 Å². The lowest BCUT2D eigenvalue weighted by Gasteiger charge is -2.43. The lowest BCUT2D eigenvalue weighted by atomic mass is 9.79. The second-order valence-electron chi connectivity index (χ2n) is 6.82. The van der Waals surface area contributed by atoms with Crippen molar-refractivity contribution in [1.29, 1.82) is 0 Å². The molecule has 2 aliphatic rings. The van der Waals surface area contributed by atoms with Gasteiger partial charge in [-0.25, -0.2) is 0 Å². The molecular weight excluding hydrogens is 282 g/mol. The van der Waals surface area contributed by atoms with Crippen molar-refractivity contribution in [2.24, 2.45) is 5.92 Å². The molecule has 1 aromatic rings. The summed E-state index contributed by atoms with van der Waals surface area (Å²) < 4.78 is 11.0. The molecule has 1 aromatic heterocycles. The standard InChI is InChI=1S/C16H27N3O3/c1-3-5-14-17-15(22-18-14)10-19-8-4-6-13(19)12-11-21-9-7-16(12,2)20/h12-13,20H,3-11H2,1-2H3. The van der Waals surface area contributed by atoms with Gasteiger partial charge in [-0.3, -0.25) is 4.90 Å². The zero-order chi connectivity index (χ0) is 15.6. The molecular formula is C16H27N3O3. The van der Waals surface area contributed by atoms with Gasteiger partial charge in [-0.2, -0.15) is 4.98 Å². The van der Waals surface area contributed by atoms with Crippen molar-refractivity contribution in [2.45, 2.75) is 64.1 Å². The summed E-state index contributed by atoms with van der Waals surface area (Å²) in [5, 5.41) is 14.7. The van der Waals surface area contributed by atoms with Crippen molar-refractivity contribution in [1.82, 2.24) is 15.0 Å². The van der Waals surface area contributed by atoms with Crippen LogP contribution in [0, 0.1) is 5.92 Å². The van der Waals surface area contributed by atoms with Gasteiger partial charge in [0.05, 0.1) is 18.8 Å². The van der Waals surface area contributed by atoms with Gasteiger partial charge in [-0.1, -0.05) is 12.1 Å². The molecule has 0 amide bonds. The lowest BCUT2D eigenvalue weighted by Crippen LogP contribution is -2.52. The number of ether oxygens (including phenoxy) is 1. The average molecular weight is 309 g/mol. The van der Waals surface area contributed by atoms with Gasteiger partial charge < -0.3 is 14.4 Å². The fourth-order valence-corrected chi connectivity index (χ4v) is 3.74. The number of aliphatic hydroxyl groups is 1. The fourth-order valence-electron chi connectivity index (χ4n) is 3.74. The number of aryl methyl sites for hydroxylation is 1. The molecule has 0 spiro atoms. The van der Waals surface area contributed by atoms with Gasteiger partial charge in [0.25, 0.3) is 0 Å². The minimum absolute atomic E-state index is 0.154. The Morgan fingerprint density at radius 3 is 3.09 bits per heavy atom. The van der Waals surface area contributed by atoms with Crippen molar-refractivity contribution >= 4 is 0 Å². The van der Waals surface area contributed by atoms with E-state index in [1.165, 1.54) is 0 Å². The number of likely N-dealkylation sites (tertiary alicyclic amines) is 1. The average Bonchev–Trinajstić information content (AvgIpc) is 3.09. The molecule has 0 saturated carbocycles. The molecule has 3 heterocycles.